The first-order valence-corrected chi connectivity index (χ1v) is 6.80. The van der Waals surface area contributed by atoms with E-state index >= 15 is 0 Å². The Morgan fingerprint density at radius 1 is 1.15 bits per heavy atom. The monoisotopic (exact) mass is 309 g/mol. The summed E-state index contributed by atoms with van der Waals surface area (Å²) in [4.78, 5) is 12.0. The number of carbonyl (C=O) groups is 1. The third kappa shape index (κ3) is 3.73. The van der Waals surface area contributed by atoms with Crippen molar-refractivity contribution in [2.75, 3.05) is 6.54 Å². The van der Waals surface area contributed by atoms with Gasteiger partial charge in [0.05, 0.1) is 16.7 Å². The summed E-state index contributed by atoms with van der Waals surface area (Å²) in [7, 11) is 0. The van der Waals surface area contributed by atoms with Gasteiger partial charge < -0.3 is 10.4 Å². The summed E-state index contributed by atoms with van der Waals surface area (Å²) in [5.41, 5.74) is 1.08. The first-order chi connectivity index (χ1) is 9.58. The van der Waals surface area contributed by atoms with Crippen LogP contribution in [0, 0.1) is 0 Å². The van der Waals surface area contributed by atoms with Crippen LogP contribution in [-0.2, 0) is 0 Å². The van der Waals surface area contributed by atoms with Crippen molar-refractivity contribution in [3.8, 4) is 0 Å². The highest BCUT2D eigenvalue weighted by Crippen LogP contribution is 2.21. The van der Waals surface area contributed by atoms with E-state index in [9.17, 15) is 9.90 Å². The van der Waals surface area contributed by atoms with Crippen LogP contribution >= 0.6 is 23.2 Å². The van der Waals surface area contributed by atoms with Crippen molar-refractivity contribution in [3.05, 3.63) is 69.7 Å². The Kier molecular flexibility index (Phi) is 5.01. The summed E-state index contributed by atoms with van der Waals surface area (Å²) < 4.78 is 0. The molecule has 0 radical (unpaired) electrons. The van der Waals surface area contributed by atoms with Crippen molar-refractivity contribution in [2.45, 2.75) is 6.10 Å². The van der Waals surface area contributed by atoms with Gasteiger partial charge in [-0.3, -0.25) is 4.79 Å². The molecule has 0 bridgehead atoms. The van der Waals surface area contributed by atoms with Gasteiger partial charge >= 0.3 is 0 Å². The lowest BCUT2D eigenvalue weighted by atomic mass is 10.1. The molecule has 2 aromatic rings. The van der Waals surface area contributed by atoms with Crippen LogP contribution in [-0.4, -0.2) is 17.6 Å². The SMILES string of the molecule is O=C(NCC(O)c1ccccc1)c1ccc(Cl)cc1Cl. The molecule has 0 aliphatic heterocycles. The highest BCUT2D eigenvalue weighted by atomic mass is 35.5. The largest absolute Gasteiger partial charge is 0.387 e. The molecule has 3 nitrogen and oxygen atoms in total. The van der Waals surface area contributed by atoms with Crippen LogP contribution in [0.15, 0.2) is 48.5 Å². The summed E-state index contributed by atoms with van der Waals surface area (Å²) in [6.45, 7) is 0.113. The van der Waals surface area contributed by atoms with E-state index in [1.807, 2.05) is 18.2 Å². The number of hydrogen-bond donors (Lipinski definition) is 2. The Labute approximate surface area is 127 Å². The lowest BCUT2D eigenvalue weighted by molar-refractivity contribution is 0.0916. The second-order valence-electron chi connectivity index (χ2n) is 4.26. The van der Waals surface area contributed by atoms with Gasteiger partial charge in [-0.15, -0.1) is 0 Å². The van der Waals surface area contributed by atoms with Crippen LogP contribution in [0.4, 0.5) is 0 Å². The van der Waals surface area contributed by atoms with Crippen molar-refractivity contribution in [1.29, 1.82) is 0 Å². The molecule has 1 unspecified atom stereocenters. The summed E-state index contributed by atoms with van der Waals surface area (Å²) in [5.74, 6) is -0.346. The van der Waals surface area contributed by atoms with E-state index in [0.29, 0.717) is 10.6 Å². The molecule has 2 N–H and O–H groups in total. The highest BCUT2D eigenvalue weighted by molar-refractivity contribution is 6.36. The van der Waals surface area contributed by atoms with E-state index in [4.69, 9.17) is 23.2 Å². The molecule has 0 spiro atoms. The first-order valence-electron chi connectivity index (χ1n) is 6.04. The zero-order valence-electron chi connectivity index (χ0n) is 10.5. The van der Waals surface area contributed by atoms with E-state index in [2.05, 4.69) is 5.32 Å². The van der Waals surface area contributed by atoms with Crippen molar-refractivity contribution in [2.24, 2.45) is 0 Å². The van der Waals surface area contributed by atoms with Crippen molar-refractivity contribution in [3.63, 3.8) is 0 Å². The van der Waals surface area contributed by atoms with Crippen molar-refractivity contribution >= 4 is 29.1 Å². The second-order valence-corrected chi connectivity index (χ2v) is 5.10. The number of halogens is 2. The Hall–Kier alpha value is -1.55. The average molecular weight is 310 g/mol. The molecule has 0 saturated carbocycles. The molecular weight excluding hydrogens is 297 g/mol. The standard InChI is InChI=1S/C15H13Cl2NO2/c16-11-6-7-12(13(17)8-11)15(20)18-9-14(19)10-4-2-1-3-5-10/h1-8,14,19H,9H2,(H,18,20). The van der Waals surface area contributed by atoms with Gasteiger partial charge in [0.2, 0.25) is 0 Å². The van der Waals surface area contributed by atoms with Crippen LogP contribution in [0.3, 0.4) is 0 Å². The van der Waals surface area contributed by atoms with Gasteiger partial charge in [-0.1, -0.05) is 53.5 Å². The van der Waals surface area contributed by atoms with Crippen LogP contribution < -0.4 is 5.32 Å². The average Bonchev–Trinajstić information content (AvgIpc) is 2.45. The van der Waals surface area contributed by atoms with Gasteiger partial charge in [-0.2, -0.15) is 0 Å². The fourth-order valence-corrected chi connectivity index (χ4v) is 2.25. The van der Waals surface area contributed by atoms with Gasteiger partial charge in [0.25, 0.3) is 5.91 Å². The lowest BCUT2D eigenvalue weighted by Gasteiger charge is -2.12. The summed E-state index contributed by atoms with van der Waals surface area (Å²) >= 11 is 11.7. The zero-order chi connectivity index (χ0) is 14.5. The molecule has 5 heteroatoms. The topological polar surface area (TPSA) is 49.3 Å². The second kappa shape index (κ2) is 6.75. The third-order valence-corrected chi connectivity index (χ3v) is 3.36. The Bertz CT molecular complexity index is 602. The van der Waals surface area contributed by atoms with Crippen molar-refractivity contribution in [1.82, 2.24) is 5.32 Å². The fraction of sp³-hybridized carbons (Fsp3) is 0.133. The quantitative estimate of drug-likeness (QED) is 0.908. The molecule has 104 valence electrons. The van der Waals surface area contributed by atoms with E-state index in [-0.39, 0.29) is 17.5 Å². The molecule has 0 aromatic heterocycles. The normalized spacial score (nSPS) is 11.9. The number of nitrogens with one attached hydrogen (secondary N) is 1. The maximum atomic E-state index is 12.0. The smallest absolute Gasteiger partial charge is 0.252 e. The van der Waals surface area contributed by atoms with Crippen LogP contribution in [0.5, 0.6) is 0 Å². The Morgan fingerprint density at radius 3 is 2.50 bits per heavy atom. The number of amides is 1. The van der Waals surface area contributed by atoms with Gasteiger partial charge in [0.1, 0.15) is 0 Å². The molecule has 1 atom stereocenters. The molecule has 2 rings (SSSR count). The number of aliphatic hydroxyl groups excluding tert-OH is 1. The van der Waals surface area contributed by atoms with Crippen LogP contribution in [0.1, 0.15) is 22.0 Å². The van der Waals surface area contributed by atoms with E-state index in [1.165, 1.54) is 6.07 Å². The molecule has 1 amide bonds. The number of benzene rings is 2. The molecule has 0 aliphatic carbocycles. The van der Waals surface area contributed by atoms with Gasteiger partial charge in [-0.25, -0.2) is 0 Å². The summed E-state index contributed by atoms with van der Waals surface area (Å²) in [6.07, 6.45) is -0.758. The van der Waals surface area contributed by atoms with E-state index in [1.54, 1.807) is 24.3 Å². The maximum absolute atomic E-state index is 12.0. The summed E-state index contributed by atoms with van der Waals surface area (Å²) in [5, 5.41) is 13.4. The van der Waals surface area contributed by atoms with Crippen molar-refractivity contribution < 1.29 is 9.90 Å². The zero-order valence-corrected chi connectivity index (χ0v) is 12.0. The van der Waals surface area contributed by atoms with Gasteiger partial charge in [0.15, 0.2) is 0 Å². The molecular formula is C15H13Cl2NO2. The molecule has 20 heavy (non-hydrogen) atoms. The molecule has 0 saturated heterocycles. The predicted octanol–water partition coefficient (Wildman–Crippen LogP) is 3.46. The minimum atomic E-state index is -0.758. The molecule has 0 heterocycles. The van der Waals surface area contributed by atoms with Gasteiger partial charge in [-0.05, 0) is 23.8 Å². The number of aliphatic hydroxyl groups is 1. The first kappa shape index (κ1) is 14.9. The van der Waals surface area contributed by atoms with E-state index in [0.717, 1.165) is 5.56 Å². The molecule has 2 aromatic carbocycles. The van der Waals surface area contributed by atoms with Gasteiger partial charge in [0, 0.05) is 11.6 Å². The minimum Gasteiger partial charge on any atom is -0.387 e. The Morgan fingerprint density at radius 2 is 1.85 bits per heavy atom. The summed E-state index contributed by atoms with van der Waals surface area (Å²) in [6, 6.07) is 13.8. The maximum Gasteiger partial charge on any atom is 0.252 e. The third-order valence-electron chi connectivity index (χ3n) is 2.82. The van der Waals surface area contributed by atoms with Crippen LogP contribution in [0.2, 0.25) is 10.0 Å². The fourth-order valence-electron chi connectivity index (χ4n) is 1.75. The number of carbonyl (C=O) groups excluding carboxylic acids is 1. The predicted molar refractivity (Wildman–Crippen MR) is 80.2 cm³/mol. The molecule has 0 aliphatic rings. The number of hydrogen-bond acceptors (Lipinski definition) is 2. The number of rotatable bonds is 4. The minimum absolute atomic E-state index is 0.113. The van der Waals surface area contributed by atoms with Crippen LogP contribution in [0.25, 0.3) is 0 Å². The highest BCUT2D eigenvalue weighted by Gasteiger charge is 2.13. The van der Waals surface area contributed by atoms with E-state index < -0.39 is 6.10 Å². The Balaban J connectivity index is 1.99. The molecule has 0 fully saturated rings. The lowest BCUT2D eigenvalue weighted by Crippen LogP contribution is -2.28.